The molecule has 0 aliphatic heterocycles. The number of aliphatic hydroxyl groups excluding tert-OH is 1. The van der Waals surface area contributed by atoms with Crippen LogP contribution < -0.4 is 10.6 Å². The van der Waals surface area contributed by atoms with Crippen LogP contribution in [0, 0.1) is 0 Å². The van der Waals surface area contributed by atoms with Crippen molar-refractivity contribution >= 4 is 17.5 Å². The first-order valence-corrected chi connectivity index (χ1v) is 5.48. The van der Waals surface area contributed by atoms with Crippen molar-refractivity contribution in [2.24, 2.45) is 0 Å². The number of nitrogen functional groups attached to an aromatic ring is 1. The normalized spacial score (nSPS) is 10.6. The van der Waals surface area contributed by atoms with Gasteiger partial charge in [-0.1, -0.05) is 0 Å². The molecule has 106 valence electrons. The summed E-state index contributed by atoms with van der Waals surface area (Å²) in [7, 11) is 1.19. The van der Waals surface area contributed by atoms with Gasteiger partial charge in [0, 0.05) is 12.7 Å². The van der Waals surface area contributed by atoms with Crippen LogP contribution in [-0.4, -0.2) is 49.3 Å². The quantitative estimate of drug-likeness (QED) is 0.736. The second-order valence-corrected chi connectivity index (χ2v) is 3.65. The molecule has 0 atom stereocenters. The van der Waals surface area contributed by atoms with Crippen molar-refractivity contribution in [3.63, 3.8) is 0 Å². The average Bonchev–Trinajstić information content (AvgIpc) is 2.37. The summed E-state index contributed by atoms with van der Waals surface area (Å²) in [6.45, 7) is -1.04. The van der Waals surface area contributed by atoms with Crippen LogP contribution in [0.3, 0.4) is 0 Å². The van der Waals surface area contributed by atoms with E-state index in [9.17, 15) is 13.6 Å². The van der Waals surface area contributed by atoms with Gasteiger partial charge in [-0.05, 0) is 6.07 Å². The number of aliphatic hydroxyl groups is 1. The summed E-state index contributed by atoms with van der Waals surface area (Å²) in [5, 5.41) is 8.88. The molecule has 0 fully saturated rings. The molecule has 0 radical (unpaired) electrons. The number of hydrogen-bond acceptors (Lipinski definition) is 6. The van der Waals surface area contributed by atoms with Crippen molar-refractivity contribution < 1.29 is 23.4 Å². The van der Waals surface area contributed by atoms with Gasteiger partial charge in [0.15, 0.2) is 5.82 Å². The van der Waals surface area contributed by atoms with Gasteiger partial charge in [0.05, 0.1) is 31.5 Å². The van der Waals surface area contributed by atoms with Crippen LogP contribution in [0.15, 0.2) is 12.3 Å². The summed E-state index contributed by atoms with van der Waals surface area (Å²) < 4.78 is 29.5. The topological polar surface area (TPSA) is 88.7 Å². The Morgan fingerprint density at radius 3 is 2.84 bits per heavy atom. The average molecular weight is 275 g/mol. The van der Waals surface area contributed by atoms with E-state index >= 15 is 0 Å². The standard InChI is InChI=1S/C11H15F2N3O3/c1-19-11(18)7-2-3-15-10(9(7)14)16(4-5-17)6-8(12)13/h2-3,8,17H,4-6,14H2,1H3. The lowest BCUT2D eigenvalue weighted by molar-refractivity contribution is 0.0602. The fourth-order valence-electron chi connectivity index (χ4n) is 1.57. The molecule has 0 unspecified atom stereocenters. The number of nitrogens with zero attached hydrogens (tertiary/aromatic N) is 2. The Hall–Kier alpha value is -1.96. The Bertz CT molecular complexity index is 443. The van der Waals surface area contributed by atoms with E-state index in [0.717, 1.165) is 4.90 Å². The summed E-state index contributed by atoms with van der Waals surface area (Å²) in [6.07, 6.45) is -1.34. The molecule has 0 aliphatic rings. The van der Waals surface area contributed by atoms with Gasteiger partial charge in [-0.15, -0.1) is 0 Å². The van der Waals surface area contributed by atoms with Gasteiger partial charge in [0.2, 0.25) is 0 Å². The number of esters is 1. The van der Waals surface area contributed by atoms with Crippen LogP contribution >= 0.6 is 0 Å². The van der Waals surface area contributed by atoms with Crippen molar-refractivity contribution in [2.45, 2.75) is 6.43 Å². The van der Waals surface area contributed by atoms with Crippen LogP contribution in [0.25, 0.3) is 0 Å². The highest BCUT2D eigenvalue weighted by Gasteiger charge is 2.20. The van der Waals surface area contributed by atoms with Crippen molar-refractivity contribution in [2.75, 3.05) is 37.4 Å². The van der Waals surface area contributed by atoms with Crippen LogP contribution in [0.5, 0.6) is 0 Å². The van der Waals surface area contributed by atoms with E-state index < -0.39 is 18.9 Å². The first-order valence-electron chi connectivity index (χ1n) is 5.48. The molecule has 0 spiro atoms. The Morgan fingerprint density at radius 1 is 1.63 bits per heavy atom. The highest BCUT2D eigenvalue weighted by Crippen LogP contribution is 2.25. The van der Waals surface area contributed by atoms with Gasteiger partial charge in [0.25, 0.3) is 6.43 Å². The fourth-order valence-corrected chi connectivity index (χ4v) is 1.57. The zero-order valence-electron chi connectivity index (χ0n) is 10.3. The molecule has 0 aromatic carbocycles. The molecule has 1 rings (SSSR count). The molecule has 6 nitrogen and oxygen atoms in total. The molecule has 19 heavy (non-hydrogen) atoms. The molecule has 0 saturated carbocycles. The molecular weight excluding hydrogens is 260 g/mol. The molecule has 0 bridgehead atoms. The molecule has 1 heterocycles. The summed E-state index contributed by atoms with van der Waals surface area (Å²) >= 11 is 0. The summed E-state index contributed by atoms with van der Waals surface area (Å²) in [4.78, 5) is 16.4. The summed E-state index contributed by atoms with van der Waals surface area (Å²) in [6, 6.07) is 1.34. The number of alkyl halides is 2. The van der Waals surface area contributed by atoms with Crippen molar-refractivity contribution in [1.82, 2.24) is 4.98 Å². The van der Waals surface area contributed by atoms with Crippen LogP contribution in [0.1, 0.15) is 10.4 Å². The smallest absolute Gasteiger partial charge is 0.340 e. The lowest BCUT2D eigenvalue weighted by atomic mass is 10.2. The van der Waals surface area contributed by atoms with Crippen molar-refractivity contribution in [3.05, 3.63) is 17.8 Å². The summed E-state index contributed by atoms with van der Waals surface area (Å²) in [5.41, 5.74) is 5.73. The summed E-state index contributed by atoms with van der Waals surface area (Å²) in [5.74, 6) is -0.653. The van der Waals surface area contributed by atoms with E-state index in [-0.39, 0.29) is 30.2 Å². The van der Waals surface area contributed by atoms with Gasteiger partial charge >= 0.3 is 5.97 Å². The maximum Gasteiger partial charge on any atom is 0.340 e. The second-order valence-electron chi connectivity index (χ2n) is 3.65. The SMILES string of the molecule is COC(=O)c1ccnc(N(CCO)CC(F)F)c1N. The minimum absolute atomic E-state index is 0.0252. The minimum atomic E-state index is -2.62. The zero-order valence-corrected chi connectivity index (χ0v) is 10.3. The predicted octanol–water partition coefficient (Wildman–Crippen LogP) is 0.514. The molecule has 1 aromatic rings. The van der Waals surface area contributed by atoms with Crippen LogP contribution in [0.4, 0.5) is 20.3 Å². The van der Waals surface area contributed by atoms with Crippen molar-refractivity contribution in [3.8, 4) is 0 Å². The number of hydrogen-bond donors (Lipinski definition) is 2. The number of aromatic nitrogens is 1. The maximum atomic E-state index is 12.5. The minimum Gasteiger partial charge on any atom is -0.465 e. The van der Waals surface area contributed by atoms with E-state index in [1.165, 1.54) is 19.4 Å². The third-order valence-electron chi connectivity index (χ3n) is 2.40. The molecule has 3 N–H and O–H groups in total. The highest BCUT2D eigenvalue weighted by atomic mass is 19.3. The number of anilines is 2. The van der Waals surface area contributed by atoms with Gasteiger partial charge in [-0.2, -0.15) is 0 Å². The number of nitrogens with two attached hydrogens (primary N) is 1. The molecular formula is C11H15F2N3O3. The van der Waals surface area contributed by atoms with E-state index in [2.05, 4.69) is 9.72 Å². The highest BCUT2D eigenvalue weighted by molar-refractivity contribution is 5.97. The van der Waals surface area contributed by atoms with Crippen LogP contribution in [-0.2, 0) is 4.74 Å². The lowest BCUT2D eigenvalue weighted by Crippen LogP contribution is -2.33. The number of rotatable bonds is 6. The maximum absolute atomic E-state index is 12.5. The first-order chi connectivity index (χ1) is 9.01. The second kappa shape index (κ2) is 6.83. The largest absolute Gasteiger partial charge is 0.465 e. The van der Waals surface area contributed by atoms with E-state index in [0.29, 0.717) is 0 Å². The van der Waals surface area contributed by atoms with E-state index in [1.54, 1.807) is 0 Å². The number of methoxy groups -OCH3 is 1. The molecule has 0 saturated heterocycles. The first kappa shape index (κ1) is 15.1. The number of ether oxygens (including phenoxy) is 1. The molecule has 1 aromatic heterocycles. The van der Waals surface area contributed by atoms with Crippen molar-refractivity contribution in [1.29, 1.82) is 0 Å². The third kappa shape index (κ3) is 3.75. The Labute approximate surface area is 108 Å². The van der Waals surface area contributed by atoms with Crippen LogP contribution in [0.2, 0.25) is 0 Å². The van der Waals surface area contributed by atoms with E-state index in [4.69, 9.17) is 10.8 Å². The van der Waals surface area contributed by atoms with Gasteiger partial charge < -0.3 is 20.5 Å². The molecule has 0 aliphatic carbocycles. The van der Waals surface area contributed by atoms with Gasteiger partial charge in [-0.3, -0.25) is 0 Å². The van der Waals surface area contributed by atoms with E-state index in [1.807, 2.05) is 0 Å². The lowest BCUT2D eigenvalue weighted by Gasteiger charge is -2.24. The number of carbonyl (C=O) groups is 1. The monoisotopic (exact) mass is 275 g/mol. The molecule has 0 amide bonds. The number of carbonyl (C=O) groups excluding carboxylic acids is 1. The van der Waals surface area contributed by atoms with Gasteiger partial charge in [-0.25, -0.2) is 18.6 Å². The Morgan fingerprint density at radius 2 is 2.32 bits per heavy atom. The number of halogens is 2. The number of pyridine rings is 1. The Kier molecular flexibility index (Phi) is 5.43. The fraction of sp³-hybridized carbons (Fsp3) is 0.455. The zero-order chi connectivity index (χ0) is 14.4. The Balaban J connectivity index is 3.12. The van der Waals surface area contributed by atoms with Gasteiger partial charge in [0.1, 0.15) is 0 Å². The predicted molar refractivity (Wildman–Crippen MR) is 65.3 cm³/mol. The molecule has 8 heteroatoms. The third-order valence-corrected chi connectivity index (χ3v) is 2.40.